The zero-order chi connectivity index (χ0) is 32.1. The first-order valence-corrected chi connectivity index (χ1v) is 20.1. The number of thiol groups is 1. The smallest absolute Gasteiger partial charge is 0.183 e. The molecule has 44 heavy (non-hydrogen) atoms. The number of ether oxygens (including phenoxy) is 1. The van der Waals surface area contributed by atoms with E-state index in [2.05, 4.69) is 85.7 Å². The molecular formula is C36H49IN2OS3V. The molecule has 2 unspecified atom stereocenters. The number of rotatable bonds is 5. The minimum atomic E-state index is -0.262. The third-order valence-corrected chi connectivity index (χ3v) is 12.6. The number of allylic oxidation sites excluding steroid dienone is 3. The summed E-state index contributed by atoms with van der Waals surface area (Å²) in [6.45, 7) is 26.0. The number of hydrogen-bond acceptors (Lipinski definition) is 5. The summed E-state index contributed by atoms with van der Waals surface area (Å²) >= 11 is 6.94. The van der Waals surface area contributed by atoms with Gasteiger partial charge in [-0.25, -0.2) is 0 Å². The Morgan fingerprint density at radius 3 is 2.41 bits per heavy atom. The molecule has 0 N–H and O–H groups in total. The van der Waals surface area contributed by atoms with Gasteiger partial charge in [0.05, 0.1) is 0 Å². The molecule has 8 heteroatoms. The number of halogens is 1. The van der Waals surface area contributed by atoms with Gasteiger partial charge in [-0.1, -0.05) is 41.5 Å². The average molecular weight is 800 g/mol. The van der Waals surface area contributed by atoms with Crippen molar-refractivity contribution in [2.45, 2.75) is 80.4 Å². The second kappa shape index (κ2) is 20.9. The van der Waals surface area contributed by atoms with E-state index >= 15 is 0 Å². The molecule has 0 amide bonds. The van der Waals surface area contributed by atoms with E-state index < -0.39 is 0 Å². The van der Waals surface area contributed by atoms with Gasteiger partial charge in [0.1, 0.15) is 0 Å². The van der Waals surface area contributed by atoms with E-state index in [0.29, 0.717) is 0 Å². The molecule has 2 aromatic heterocycles. The van der Waals surface area contributed by atoms with Crippen molar-refractivity contribution in [3.63, 3.8) is 0 Å². The Labute approximate surface area is 303 Å². The van der Waals surface area contributed by atoms with Crippen LogP contribution in [-0.4, -0.2) is 39.8 Å². The van der Waals surface area contributed by atoms with Gasteiger partial charge >= 0.3 is 239 Å². The zero-order valence-electron chi connectivity index (χ0n) is 27.8. The van der Waals surface area contributed by atoms with Gasteiger partial charge in [0.15, 0.2) is 0 Å². The van der Waals surface area contributed by atoms with Gasteiger partial charge in [-0.3, -0.25) is 0 Å². The molecule has 2 atom stereocenters. The van der Waals surface area contributed by atoms with Gasteiger partial charge in [0.2, 0.25) is 0 Å². The molecule has 1 radical (unpaired) electrons. The van der Waals surface area contributed by atoms with Gasteiger partial charge < -0.3 is 0 Å². The monoisotopic (exact) mass is 799 g/mol. The van der Waals surface area contributed by atoms with Crippen LogP contribution in [0.2, 0.25) is 0 Å². The maximum atomic E-state index is 6.69. The third kappa shape index (κ3) is 8.84. The van der Waals surface area contributed by atoms with Crippen LogP contribution in [0.15, 0.2) is 48.6 Å². The Bertz CT molecular complexity index is 1400. The fourth-order valence-corrected chi connectivity index (χ4v) is 11.3. The van der Waals surface area contributed by atoms with Crippen molar-refractivity contribution in [1.82, 2.24) is 0 Å². The van der Waals surface area contributed by atoms with E-state index in [1.54, 1.807) is 21.2 Å². The van der Waals surface area contributed by atoms with Crippen molar-refractivity contribution in [3.05, 3.63) is 85.3 Å². The normalized spacial score (nSPS) is 19.2. The van der Waals surface area contributed by atoms with Crippen LogP contribution < -0.4 is 26.1 Å². The van der Waals surface area contributed by atoms with Crippen LogP contribution >= 0.6 is 35.3 Å². The fourth-order valence-electron chi connectivity index (χ4n) is 4.98. The molecule has 0 aromatic carbocycles. The van der Waals surface area contributed by atoms with Crippen molar-refractivity contribution >= 4 is 67.3 Å². The quantitative estimate of drug-likeness (QED) is 0.112. The summed E-state index contributed by atoms with van der Waals surface area (Å²) in [4.78, 5) is 4.80. The molecule has 0 bridgehead atoms. The third-order valence-electron chi connectivity index (χ3n) is 6.66. The average Bonchev–Trinajstić information content (AvgIpc) is 3.74. The molecule has 0 spiro atoms. The summed E-state index contributed by atoms with van der Waals surface area (Å²) < 4.78 is 12.3. The van der Waals surface area contributed by atoms with E-state index in [1.807, 2.05) is 71.1 Å². The predicted molar refractivity (Wildman–Crippen MR) is 194 cm³/mol. The number of anilines is 1. The molecule has 3 nitrogen and oxygen atoms in total. The first-order chi connectivity index (χ1) is 21.1. The van der Waals surface area contributed by atoms with E-state index in [-0.39, 0.29) is 52.0 Å². The summed E-state index contributed by atoms with van der Waals surface area (Å²) in [5.74, 6) is 0. The van der Waals surface area contributed by atoms with Gasteiger partial charge in [-0.15, -0.1) is 6.58 Å². The summed E-state index contributed by atoms with van der Waals surface area (Å²) in [7, 11) is 0. The van der Waals surface area contributed by atoms with Crippen molar-refractivity contribution in [2.75, 3.05) is 24.2 Å². The number of nitrogens with zero attached hydrogens (tertiary/aromatic N) is 2. The second-order valence-corrected chi connectivity index (χ2v) is 13.7. The summed E-state index contributed by atoms with van der Waals surface area (Å²) in [6, 6.07) is 3.56. The van der Waals surface area contributed by atoms with Crippen molar-refractivity contribution in [3.8, 4) is 0 Å². The molecule has 4 aliphatic heterocycles. The minimum Gasteiger partial charge on any atom is -0.183 e. The Kier molecular flexibility index (Phi) is 19.5. The number of thiophene rings is 2. The SMILES string of the molecule is C=C/C=C\c1[c-]c(N2[C-]=C3C=C4C5=[N+](CCC4OC3CC2)c2sc(C=C)c(/C=C\C)c2[I-]5)sc1C.CC.CC.CC.CS.[V+2]. The topological polar surface area (TPSA) is 15.5 Å². The van der Waals surface area contributed by atoms with E-state index in [0.717, 1.165) is 36.5 Å². The maximum Gasteiger partial charge on any atom is 2.00 e. The van der Waals surface area contributed by atoms with Crippen LogP contribution in [0.1, 0.15) is 82.2 Å². The summed E-state index contributed by atoms with van der Waals surface area (Å²) in [5, 5.41) is 2.56. The molecule has 2 aromatic rings. The summed E-state index contributed by atoms with van der Waals surface area (Å²) in [6.07, 6.45) is 22.5. The summed E-state index contributed by atoms with van der Waals surface area (Å²) in [5.41, 5.74) is 5.08. The van der Waals surface area contributed by atoms with Gasteiger partial charge in [0, 0.05) is 0 Å². The molecule has 0 saturated heterocycles. The van der Waals surface area contributed by atoms with E-state index in [1.165, 1.54) is 35.2 Å². The van der Waals surface area contributed by atoms with Gasteiger partial charge in [-0.2, -0.15) is 12.6 Å². The number of hydrogen-bond donors (Lipinski definition) is 1. The first-order valence-electron chi connectivity index (χ1n) is 15.4. The van der Waals surface area contributed by atoms with Gasteiger partial charge in [0.25, 0.3) is 0 Å². The molecule has 239 valence electrons. The predicted octanol–water partition coefficient (Wildman–Crippen LogP) is 7.43. The molecular weight excluding hydrogens is 750 g/mol. The fraction of sp³-hybridized carbons (Fsp3) is 0.417. The zero-order valence-corrected chi connectivity index (χ0v) is 33.9. The van der Waals surface area contributed by atoms with Crippen molar-refractivity contribution in [1.29, 1.82) is 0 Å². The Balaban J connectivity index is 0.000000999. The van der Waals surface area contributed by atoms with Crippen molar-refractivity contribution < 1.29 is 49.1 Å². The van der Waals surface area contributed by atoms with Crippen LogP contribution in [-0.2, 0) is 23.3 Å². The maximum absolute atomic E-state index is 6.69. The Morgan fingerprint density at radius 2 is 1.77 bits per heavy atom. The van der Waals surface area contributed by atoms with Crippen LogP contribution in [0.25, 0.3) is 18.2 Å². The molecule has 6 rings (SSSR count). The van der Waals surface area contributed by atoms with Crippen LogP contribution in [0, 0.1) is 22.8 Å². The largest absolute Gasteiger partial charge is 2.00 e. The number of fused-ring (bicyclic) bond motifs is 5. The number of aryl methyl sites for hydroxylation is 1. The standard InChI is InChI=1S/C29H27IN2OS2.3C2H6.CH4S.V/c1-5-8-10-19-16-26(34-18(19)4)31-13-11-23-20(17-31)15-22-24(33-23)12-14-32-28(22)30-27-21(9-6-2)25(7-3)35-29(27)32;4*1-2;/h5-10,15,23-24H,1,3,11-14H2,2,4H3;3*1-2H3;2H,1H3;/q-2;;;;;+2/b9-6-,10-8-;;;;;. The molecule has 4 aliphatic rings. The van der Waals surface area contributed by atoms with Crippen LogP contribution in [0.4, 0.5) is 10.0 Å². The minimum absolute atomic E-state index is 0. The van der Waals surface area contributed by atoms with E-state index in [4.69, 9.17) is 4.74 Å². The van der Waals surface area contributed by atoms with E-state index in [9.17, 15) is 0 Å². The van der Waals surface area contributed by atoms with Crippen molar-refractivity contribution in [2.24, 2.45) is 0 Å². The van der Waals surface area contributed by atoms with Gasteiger partial charge in [-0.05, 0) is 6.26 Å². The molecule has 0 aliphatic carbocycles. The molecule has 0 saturated carbocycles. The van der Waals surface area contributed by atoms with Crippen LogP contribution in [0.3, 0.4) is 0 Å². The second-order valence-electron chi connectivity index (χ2n) is 8.85. The molecule has 0 fully saturated rings. The van der Waals surface area contributed by atoms with Crippen LogP contribution in [0.5, 0.6) is 0 Å². The first kappa shape index (κ1) is 41.0. The Morgan fingerprint density at radius 1 is 1.07 bits per heavy atom. The Hall–Kier alpha value is -1.07. The molecule has 6 heterocycles.